The molecule has 0 amide bonds. The number of nitrogens with zero attached hydrogens (tertiary/aromatic N) is 1. The van der Waals surface area contributed by atoms with E-state index in [0.29, 0.717) is 0 Å². The number of ether oxygens (including phenoxy) is 1. The molecule has 2 aliphatic heterocycles. The van der Waals surface area contributed by atoms with Gasteiger partial charge in [-0.05, 0) is 33.2 Å². The predicted molar refractivity (Wildman–Crippen MR) is 57.5 cm³/mol. The van der Waals surface area contributed by atoms with E-state index >= 15 is 0 Å². The summed E-state index contributed by atoms with van der Waals surface area (Å²) in [6.45, 7) is 9.82. The van der Waals surface area contributed by atoms with Gasteiger partial charge in [0, 0.05) is 25.7 Å². The van der Waals surface area contributed by atoms with Gasteiger partial charge >= 0.3 is 0 Å². The van der Waals surface area contributed by atoms with Crippen LogP contribution in [0.1, 0.15) is 26.7 Å². The molecule has 2 heterocycles. The number of hydrogen-bond donors (Lipinski definition) is 1. The van der Waals surface area contributed by atoms with E-state index in [1.54, 1.807) is 0 Å². The van der Waals surface area contributed by atoms with Gasteiger partial charge < -0.3 is 10.1 Å². The lowest BCUT2D eigenvalue weighted by molar-refractivity contribution is -0.0987. The molecule has 2 aliphatic rings. The van der Waals surface area contributed by atoms with E-state index in [0.717, 1.165) is 32.3 Å². The van der Waals surface area contributed by atoms with Crippen LogP contribution in [0.2, 0.25) is 0 Å². The van der Waals surface area contributed by atoms with Crippen LogP contribution >= 0.6 is 0 Å². The fraction of sp³-hybridized carbons (Fsp3) is 1.00. The Balaban J connectivity index is 1.89. The summed E-state index contributed by atoms with van der Waals surface area (Å²) in [4.78, 5) is 2.59. The van der Waals surface area contributed by atoms with Crippen LogP contribution < -0.4 is 5.32 Å². The lowest BCUT2D eigenvalue weighted by atomic mass is 10.0. The molecule has 2 fully saturated rings. The first-order chi connectivity index (χ1) is 6.67. The molecule has 0 bridgehead atoms. The molecule has 0 aliphatic carbocycles. The summed E-state index contributed by atoms with van der Waals surface area (Å²) in [6, 6.07) is 0.743. The van der Waals surface area contributed by atoms with Crippen molar-refractivity contribution < 1.29 is 4.74 Å². The molecule has 82 valence electrons. The molecule has 1 N–H and O–H groups in total. The third-order valence-electron chi connectivity index (χ3n) is 3.24. The molecule has 1 unspecified atom stereocenters. The molecule has 1 atom stereocenters. The van der Waals surface area contributed by atoms with Crippen molar-refractivity contribution in [2.45, 2.75) is 38.3 Å². The van der Waals surface area contributed by atoms with E-state index in [2.05, 4.69) is 24.1 Å². The molecule has 0 spiro atoms. The Kier molecular flexibility index (Phi) is 3.10. The summed E-state index contributed by atoms with van der Waals surface area (Å²) >= 11 is 0. The normalized spacial score (nSPS) is 34.3. The maximum atomic E-state index is 5.72. The maximum Gasteiger partial charge on any atom is 0.0753 e. The molecule has 2 saturated heterocycles. The minimum Gasteiger partial charge on any atom is -0.373 e. The first-order valence-corrected chi connectivity index (χ1v) is 5.76. The molecule has 0 aromatic rings. The van der Waals surface area contributed by atoms with Crippen molar-refractivity contribution in [2.75, 3.05) is 32.8 Å². The van der Waals surface area contributed by atoms with Crippen molar-refractivity contribution in [1.82, 2.24) is 10.2 Å². The van der Waals surface area contributed by atoms with Crippen molar-refractivity contribution >= 4 is 0 Å². The molecule has 2 rings (SSSR count). The molecule has 0 aromatic heterocycles. The SMILES string of the molecule is CC1(C)CN(C2CCCNC2)CCO1. The van der Waals surface area contributed by atoms with Gasteiger partial charge in [-0.15, -0.1) is 0 Å². The third kappa shape index (κ3) is 2.47. The van der Waals surface area contributed by atoms with Crippen molar-refractivity contribution in [3.05, 3.63) is 0 Å². The smallest absolute Gasteiger partial charge is 0.0753 e. The van der Waals surface area contributed by atoms with Crippen LogP contribution in [0.4, 0.5) is 0 Å². The Morgan fingerprint density at radius 2 is 2.29 bits per heavy atom. The topological polar surface area (TPSA) is 24.5 Å². The molecule has 0 aromatic carbocycles. The van der Waals surface area contributed by atoms with Crippen LogP contribution in [-0.2, 0) is 4.74 Å². The van der Waals surface area contributed by atoms with E-state index in [4.69, 9.17) is 4.74 Å². The average Bonchev–Trinajstić information content (AvgIpc) is 2.18. The minimum absolute atomic E-state index is 0.0513. The van der Waals surface area contributed by atoms with Crippen LogP contribution in [0.3, 0.4) is 0 Å². The van der Waals surface area contributed by atoms with Crippen LogP contribution in [0, 0.1) is 0 Å². The van der Waals surface area contributed by atoms with Crippen LogP contribution in [0.15, 0.2) is 0 Å². The highest BCUT2D eigenvalue weighted by Gasteiger charge is 2.31. The molecule has 0 saturated carbocycles. The van der Waals surface area contributed by atoms with Gasteiger partial charge in [0.1, 0.15) is 0 Å². The second-order valence-corrected chi connectivity index (χ2v) is 5.08. The van der Waals surface area contributed by atoms with Gasteiger partial charge in [0.2, 0.25) is 0 Å². The highest BCUT2D eigenvalue weighted by Crippen LogP contribution is 2.20. The van der Waals surface area contributed by atoms with Gasteiger partial charge in [0.05, 0.1) is 12.2 Å². The number of hydrogen-bond acceptors (Lipinski definition) is 3. The molecule has 3 heteroatoms. The molecular weight excluding hydrogens is 176 g/mol. The fourth-order valence-corrected chi connectivity index (χ4v) is 2.51. The first-order valence-electron chi connectivity index (χ1n) is 5.76. The highest BCUT2D eigenvalue weighted by atomic mass is 16.5. The lowest BCUT2D eigenvalue weighted by Crippen LogP contribution is -2.55. The van der Waals surface area contributed by atoms with Gasteiger partial charge in [-0.3, -0.25) is 4.90 Å². The monoisotopic (exact) mass is 198 g/mol. The second-order valence-electron chi connectivity index (χ2n) is 5.08. The number of morpholine rings is 1. The highest BCUT2D eigenvalue weighted by molar-refractivity contribution is 4.86. The van der Waals surface area contributed by atoms with Gasteiger partial charge in [0.15, 0.2) is 0 Å². The second kappa shape index (κ2) is 4.17. The zero-order chi connectivity index (χ0) is 10.0. The summed E-state index contributed by atoms with van der Waals surface area (Å²) in [6.07, 6.45) is 2.67. The quantitative estimate of drug-likeness (QED) is 0.676. The fourth-order valence-electron chi connectivity index (χ4n) is 2.51. The third-order valence-corrected chi connectivity index (χ3v) is 3.24. The van der Waals surface area contributed by atoms with Crippen LogP contribution in [0.25, 0.3) is 0 Å². The minimum atomic E-state index is 0.0513. The Morgan fingerprint density at radius 3 is 2.93 bits per heavy atom. The Bertz CT molecular complexity index is 188. The van der Waals surface area contributed by atoms with Gasteiger partial charge in [-0.1, -0.05) is 0 Å². The summed E-state index contributed by atoms with van der Waals surface area (Å²) in [5.74, 6) is 0. The van der Waals surface area contributed by atoms with Crippen LogP contribution in [-0.4, -0.2) is 49.3 Å². The summed E-state index contributed by atoms with van der Waals surface area (Å²) in [5.41, 5.74) is 0.0513. The average molecular weight is 198 g/mol. The van der Waals surface area contributed by atoms with Gasteiger partial charge in [-0.2, -0.15) is 0 Å². The zero-order valence-electron chi connectivity index (χ0n) is 9.38. The van der Waals surface area contributed by atoms with Gasteiger partial charge in [0.25, 0.3) is 0 Å². The standard InChI is InChI=1S/C11H22N2O/c1-11(2)9-13(6-7-14-11)10-4-3-5-12-8-10/h10,12H,3-9H2,1-2H3. The first kappa shape index (κ1) is 10.4. The molecule has 3 nitrogen and oxygen atoms in total. The Labute approximate surface area is 86.8 Å². The number of rotatable bonds is 1. The zero-order valence-corrected chi connectivity index (χ0v) is 9.38. The van der Waals surface area contributed by atoms with Crippen molar-refractivity contribution in [2.24, 2.45) is 0 Å². The summed E-state index contributed by atoms with van der Waals surface area (Å²) in [5, 5.41) is 3.48. The largest absolute Gasteiger partial charge is 0.373 e. The van der Waals surface area contributed by atoms with E-state index in [1.807, 2.05) is 0 Å². The maximum absolute atomic E-state index is 5.72. The summed E-state index contributed by atoms with van der Waals surface area (Å²) < 4.78 is 5.72. The Hall–Kier alpha value is -0.120. The number of piperidine rings is 1. The van der Waals surface area contributed by atoms with E-state index < -0.39 is 0 Å². The van der Waals surface area contributed by atoms with E-state index in [-0.39, 0.29) is 5.60 Å². The summed E-state index contributed by atoms with van der Waals surface area (Å²) in [7, 11) is 0. The van der Waals surface area contributed by atoms with E-state index in [9.17, 15) is 0 Å². The van der Waals surface area contributed by atoms with Crippen molar-refractivity contribution in [3.63, 3.8) is 0 Å². The van der Waals surface area contributed by atoms with Crippen molar-refractivity contribution in [3.8, 4) is 0 Å². The lowest BCUT2D eigenvalue weighted by Gasteiger charge is -2.43. The van der Waals surface area contributed by atoms with E-state index in [1.165, 1.54) is 19.4 Å². The predicted octanol–water partition coefficient (Wildman–Crippen LogP) is 0.849. The van der Waals surface area contributed by atoms with Crippen molar-refractivity contribution in [1.29, 1.82) is 0 Å². The van der Waals surface area contributed by atoms with Gasteiger partial charge in [-0.25, -0.2) is 0 Å². The molecular formula is C11H22N2O. The molecule has 0 radical (unpaired) electrons. The van der Waals surface area contributed by atoms with Crippen LogP contribution in [0.5, 0.6) is 0 Å². The Morgan fingerprint density at radius 1 is 1.43 bits per heavy atom. The molecule has 14 heavy (non-hydrogen) atoms. The number of nitrogens with one attached hydrogen (secondary N) is 1.